The van der Waals surface area contributed by atoms with E-state index in [0.29, 0.717) is 18.0 Å². The molecule has 1 N–H and O–H groups in total. The maximum Gasteiger partial charge on any atom is 0.222 e. The van der Waals surface area contributed by atoms with Crippen LogP contribution in [0, 0.1) is 0 Å². The molecule has 1 heterocycles. The largest absolute Gasteiger partial charge is 0.501 e. The van der Waals surface area contributed by atoms with Gasteiger partial charge in [-0.05, 0) is 13.0 Å². The quantitative estimate of drug-likeness (QED) is 0.759. The van der Waals surface area contributed by atoms with E-state index in [4.69, 9.17) is 4.74 Å². The van der Waals surface area contributed by atoms with Gasteiger partial charge in [0, 0.05) is 18.7 Å². The minimum Gasteiger partial charge on any atom is -0.501 e. The smallest absolute Gasteiger partial charge is 0.222 e. The average Bonchev–Trinajstić information content (AvgIpc) is 2.20. The van der Waals surface area contributed by atoms with Crippen molar-refractivity contribution < 1.29 is 9.53 Å². The fraction of sp³-hybridized carbons (Fsp3) is 0.300. The van der Waals surface area contributed by atoms with Gasteiger partial charge in [0.05, 0.1) is 12.9 Å². The third-order valence-electron chi connectivity index (χ3n) is 1.55. The van der Waals surface area contributed by atoms with Gasteiger partial charge in [-0.15, -0.1) is 0 Å². The van der Waals surface area contributed by atoms with Crippen molar-refractivity contribution in [3.8, 4) is 0 Å². The molecule has 0 saturated carbocycles. The van der Waals surface area contributed by atoms with E-state index in [1.54, 1.807) is 18.5 Å². The molecule has 0 fully saturated rings. The third-order valence-corrected chi connectivity index (χ3v) is 1.55. The van der Waals surface area contributed by atoms with Crippen LogP contribution in [0.4, 0.5) is 5.82 Å². The highest BCUT2D eigenvalue weighted by molar-refractivity contribution is 5.89. The molecule has 1 rings (SSSR count). The second-order valence-corrected chi connectivity index (χ2v) is 2.77. The molecule has 1 amide bonds. The number of amides is 1. The first-order valence-corrected chi connectivity index (χ1v) is 4.59. The van der Waals surface area contributed by atoms with Gasteiger partial charge in [0.25, 0.3) is 0 Å². The number of hydrogen-bond donors (Lipinski definition) is 1. The van der Waals surface area contributed by atoms with E-state index in [0.717, 1.165) is 0 Å². The van der Waals surface area contributed by atoms with Crippen LogP contribution in [0.15, 0.2) is 18.8 Å². The molecule has 0 unspecified atom stereocenters. The minimum absolute atomic E-state index is 0.167. The van der Waals surface area contributed by atoms with Gasteiger partial charge < -0.3 is 10.1 Å². The lowest BCUT2D eigenvalue weighted by molar-refractivity contribution is -0.114. The van der Waals surface area contributed by atoms with E-state index >= 15 is 0 Å². The Hall–Kier alpha value is -1.91. The van der Waals surface area contributed by atoms with Crippen molar-refractivity contribution in [1.29, 1.82) is 0 Å². The lowest BCUT2D eigenvalue weighted by atomic mass is 10.3. The predicted octanol–water partition coefficient (Wildman–Crippen LogP) is 1.44. The summed E-state index contributed by atoms with van der Waals surface area (Å²) in [5.41, 5.74) is 0.709. The number of hydrogen-bond acceptors (Lipinski definition) is 4. The number of carbonyl (C=O) groups excluding carboxylic acids is 1. The van der Waals surface area contributed by atoms with Crippen LogP contribution >= 0.6 is 0 Å². The molecule has 1 aromatic heterocycles. The molecule has 0 aliphatic heterocycles. The average molecular weight is 207 g/mol. The summed E-state index contributed by atoms with van der Waals surface area (Å²) in [6.07, 6.45) is 6.23. The lowest BCUT2D eigenvalue weighted by Gasteiger charge is -2.03. The molecule has 0 radical (unpaired) electrons. The fourth-order valence-electron chi connectivity index (χ4n) is 0.951. The van der Waals surface area contributed by atoms with Crippen LogP contribution in [0.3, 0.4) is 0 Å². The van der Waals surface area contributed by atoms with Crippen LogP contribution in [0.2, 0.25) is 0 Å². The zero-order chi connectivity index (χ0) is 11.1. The number of nitrogens with one attached hydrogen (secondary N) is 1. The molecule has 0 aliphatic rings. The summed E-state index contributed by atoms with van der Waals surface area (Å²) in [7, 11) is 0. The van der Waals surface area contributed by atoms with E-state index in [1.165, 1.54) is 13.3 Å². The van der Waals surface area contributed by atoms with Crippen molar-refractivity contribution in [3.63, 3.8) is 0 Å². The Morgan fingerprint density at radius 3 is 3.13 bits per heavy atom. The lowest BCUT2D eigenvalue weighted by Crippen LogP contribution is -2.08. The van der Waals surface area contributed by atoms with Crippen LogP contribution in [-0.4, -0.2) is 22.5 Å². The van der Waals surface area contributed by atoms with Crippen molar-refractivity contribution in [2.75, 3.05) is 11.9 Å². The van der Waals surface area contributed by atoms with Gasteiger partial charge in [0.2, 0.25) is 5.91 Å². The highest BCUT2D eigenvalue weighted by Gasteiger charge is 2.01. The second-order valence-electron chi connectivity index (χ2n) is 2.77. The van der Waals surface area contributed by atoms with Gasteiger partial charge in [0.1, 0.15) is 12.1 Å². The van der Waals surface area contributed by atoms with Crippen LogP contribution in [0.25, 0.3) is 6.08 Å². The summed E-state index contributed by atoms with van der Waals surface area (Å²) in [6.45, 7) is 3.92. The molecule has 0 bridgehead atoms. The van der Waals surface area contributed by atoms with Crippen molar-refractivity contribution in [1.82, 2.24) is 9.97 Å². The maximum atomic E-state index is 10.9. The van der Waals surface area contributed by atoms with Crippen molar-refractivity contribution in [3.05, 3.63) is 24.3 Å². The van der Waals surface area contributed by atoms with Crippen molar-refractivity contribution >= 4 is 17.8 Å². The number of anilines is 1. The highest BCUT2D eigenvalue weighted by atomic mass is 16.5. The zero-order valence-electron chi connectivity index (χ0n) is 8.73. The van der Waals surface area contributed by atoms with Crippen LogP contribution in [0.5, 0.6) is 0 Å². The first-order valence-electron chi connectivity index (χ1n) is 4.59. The van der Waals surface area contributed by atoms with E-state index in [9.17, 15) is 4.79 Å². The van der Waals surface area contributed by atoms with Crippen LogP contribution in [0.1, 0.15) is 19.4 Å². The molecular weight excluding hydrogens is 194 g/mol. The van der Waals surface area contributed by atoms with Gasteiger partial charge in [0.15, 0.2) is 0 Å². The summed E-state index contributed by atoms with van der Waals surface area (Å²) < 4.78 is 5.05. The molecule has 0 spiro atoms. The first kappa shape index (κ1) is 11.2. The molecular formula is C10H13N3O2. The Kier molecular flexibility index (Phi) is 4.28. The van der Waals surface area contributed by atoms with Gasteiger partial charge in [-0.1, -0.05) is 0 Å². The Bertz CT molecular complexity index is 363. The number of nitrogens with zero attached hydrogens (tertiary/aromatic N) is 2. The minimum atomic E-state index is -0.167. The van der Waals surface area contributed by atoms with Gasteiger partial charge in [-0.25, -0.2) is 9.97 Å². The van der Waals surface area contributed by atoms with Crippen molar-refractivity contribution in [2.24, 2.45) is 0 Å². The summed E-state index contributed by atoms with van der Waals surface area (Å²) in [4.78, 5) is 18.7. The highest BCUT2D eigenvalue weighted by Crippen LogP contribution is 2.11. The first-order chi connectivity index (χ1) is 7.24. The topological polar surface area (TPSA) is 64.1 Å². The fourth-order valence-corrected chi connectivity index (χ4v) is 0.951. The number of aromatic nitrogens is 2. The number of ether oxygens (including phenoxy) is 1. The standard InChI is InChI=1S/C10H13N3O2/c1-3-15-5-4-9-6-11-7-12-10(9)13-8(2)14/h4-7H,3H2,1-2H3,(H,11,12,13,14)/b5-4+. The normalized spacial score (nSPS) is 10.3. The molecule has 0 aliphatic carbocycles. The van der Waals surface area contributed by atoms with Crippen LogP contribution in [-0.2, 0) is 9.53 Å². The van der Waals surface area contributed by atoms with E-state index < -0.39 is 0 Å². The molecule has 1 aromatic rings. The summed E-state index contributed by atoms with van der Waals surface area (Å²) in [6, 6.07) is 0. The molecule has 5 heteroatoms. The van der Waals surface area contributed by atoms with Crippen LogP contribution < -0.4 is 5.32 Å². The van der Waals surface area contributed by atoms with Gasteiger partial charge in [-0.2, -0.15) is 0 Å². The third kappa shape index (κ3) is 3.76. The molecule has 80 valence electrons. The summed E-state index contributed by atoms with van der Waals surface area (Å²) >= 11 is 0. The monoisotopic (exact) mass is 207 g/mol. The van der Waals surface area contributed by atoms with Gasteiger partial charge >= 0.3 is 0 Å². The molecule has 15 heavy (non-hydrogen) atoms. The number of rotatable bonds is 4. The zero-order valence-corrected chi connectivity index (χ0v) is 8.73. The molecule has 0 atom stereocenters. The van der Waals surface area contributed by atoms with E-state index in [2.05, 4.69) is 15.3 Å². The second kappa shape index (κ2) is 5.74. The number of carbonyl (C=O) groups is 1. The van der Waals surface area contributed by atoms with E-state index in [1.807, 2.05) is 6.92 Å². The Morgan fingerprint density at radius 2 is 2.47 bits per heavy atom. The van der Waals surface area contributed by atoms with Gasteiger partial charge in [-0.3, -0.25) is 4.79 Å². The Labute approximate surface area is 88.2 Å². The van der Waals surface area contributed by atoms with Crippen molar-refractivity contribution in [2.45, 2.75) is 13.8 Å². The Morgan fingerprint density at radius 1 is 1.67 bits per heavy atom. The molecule has 0 saturated heterocycles. The summed E-state index contributed by atoms with van der Waals surface area (Å²) in [5.74, 6) is 0.313. The maximum absolute atomic E-state index is 10.9. The molecule has 0 aromatic carbocycles. The SMILES string of the molecule is CCO/C=C/c1cncnc1NC(C)=O. The predicted molar refractivity (Wildman–Crippen MR) is 57.0 cm³/mol. The van der Waals surface area contributed by atoms with E-state index in [-0.39, 0.29) is 5.91 Å². The summed E-state index contributed by atoms with van der Waals surface area (Å²) in [5, 5.41) is 2.60. The molecule has 5 nitrogen and oxygen atoms in total. The Balaban J connectivity index is 2.81.